The third-order valence-corrected chi connectivity index (χ3v) is 6.31. The molecule has 0 fully saturated rings. The summed E-state index contributed by atoms with van der Waals surface area (Å²) in [6.07, 6.45) is 3.16. The number of fused-ring (bicyclic) bond motifs is 1. The molecule has 9 heteroatoms. The molecule has 0 spiro atoms. The van der Waals surface area contributed by atoms with Crippen LogP contribution in [0.15, 0.2) is 82.7 Å². The molecule has 182 valence electrons. The highest BCUT2D eigenvalue weighted by Gasteiger charge is 2.45. The Morgan fingerprint density at radius 3 is 2.56 bits per heavy atom. The van der Waals surface area contributed by atoms with Gasteiger partial charge in [0.15, 0.2) is 22.9 Å². The van der Waals surface area contributed by atoms with Crippen LogP contribution in [0, 0.1) is 0 Å². The first kappa shape index (κ1) is 23.4. The highest BCUT2D eigenvalue weighted by atomic mass is 35.5. The minimum absolute atomic E-state index is 0.0568. The van der Waals surface area contributed by atoms with E-state index in [1.165, 1.54) is 18.1 Å². The van der Waals surface area contributed by atoms with Gasteiger partial charge in [0.25, 0.3) is 5.91 Å². The van der Waals surface area contributed by atoms with Gasteiger partial charge in [-0.15, -0.1) is 0 Å². The lowest BCUT2D eigenvalue weighted by atomic mass is 9.96. The highest BCUT2D eigenvalue weighted by Crippen LogP contribution is 2.43. The molecule has 4 aromatic rings. The van der Waals surface area contributed by atoms with Crippen LogP contribution in [0.25, 0.3) is 11.0 Å². The standard InChI is InChI=1S/C27H22ClN3O5/c1-30(2)18-6-8-19(9-7-18)31-23(15-5-4-10-29-14-15)22(25(33)27(31)34)24(32)20-12-16-11-17(28)13-21(35-3)26(16)36-20/h4-14,23,33H,1-3H3. The van der Waals surface area contributed by atoms with E-state index in [4.69, 9.17) is 20.8 Å². The van der Waals surface area contributed by atoms with Crippen molar-refractivity contribution in [3.8, 4) is 5.75 Å². The molecule has 0 bridgehead atoms. The fourth-order valence-electron chi connectivity index (χ4n) is 4.35. The summed E-state index contributed by atoms with van der Waals surface area (Å²) < 4.78 is 11.2. The van der Waals surface area contributed by atoms with Crippen LogP contribution in [-0.4, -0.2) is 43.0 Å². The zero-order valence-corrected chi connectivity index (χ0v) is 20.5. The van der Waals surface area contributed by atoms with Gasteiger partial charge in [-0.25, -0.2) is 0 Å². The van der Waals surface area contributed by atoms with Crippen molar-refractivity contribution in [2.45, 2.75) is 6.04 Å². The minimum atomic E-state index is -0.914. The Hall–Kier alpha value is -4.30. The summed E-state index contributed by atoms with van der Waals surface area (Å²) in [6.45, 7) is 0. The van der Waals surface area contributed by atoms with Gasteiger partial charge in [0.1, 0.15) is 0 Å². The lowest BCUT2D eigenvalue weighted by Gasteiger charge is -2.27. The van der Waals surface area contributed by atoms with Gasteiger partial charge in [-0.3, -0.25) is 19.5 Å². The van der Waals surface area contributed by atoms with E-state index in [0.29, 0.717) is 33.0 Å². The molecule has 36 heavy (non-hydrogen) atoms. The molecular weight excluding hydrogens is 482 g/mol. The van der Waals surface area contributed by atoms with Crippen molar-refractivity contribution in [1.82, 2.24) is 4.98 Å². The Labute approximate surface area is 212 Å². The van der Waals surface area contributed by atoms with Crippen LogP contribution in [0.5, 0.6) is 5.75 Å². The molecule has 8 nitrogen and oxygen atoms in total. The van der Waals surface area contributed by atoms with Crippen LogP contribution in [-0.2, 0) is 4.79 Å². The van der Waals surface area contributed by atoms with Crippen molar-refractivity contribution >= 4 is 45.6 Å². The van der Waals surface area contributed by atoms with E-state index in [0.717, 1.165) is 5.69 Å². The summed E-state index contributed by atoms with van der Waals surface area (Å²) >= 11 is 6.16. The number of hydrogen-bond donors (Lipinski definition) is 1. The zero-order chi connectivity index (χ0) is 25.6. The Bertz CT molecular complexity index is 1510. The third kappa shape index (κ3) is 3.85. The number of aliphatic hydroxyl groups is 1. The van der Waals surface area contributed by atoms with Crippen LogP contribution in [0.1, 0.15) is 22.2 Å². The number of ketones is 1. The van der Waals surface area contributed by atoms with Gasteiger partial charge in [-0.05, 0) is 48.0 Å². The molecule has 2 aromatic carbocycles. The molecule has 3 heterocycles. The topological polar surface area (TPSA) is 96.1 Å². The maximum Gasteiger partial charge on any atom is 0.294 e. The fraction of sp³-hybridized carbons (Fsp3) is 0.148. The second-order valence-electron chi connectivity index (χ2n) is 8.50. The van der Waals surface area contributed by atoms with Crippen molar-refractivity contribution < 1.29 is 23.8 Å². The highest BCUT2D eigenvalue weighted by molar-refractivity contribution is 6.31. The van der Waals surface area contributed by atoms with Crippen LogP contribution in [0.2, 0.25) is 5.02 Å². The Balaban J connectivity index is 1.63. The first-order chi connectivity index (χ1) is 17.3. The molecule has 0 aliphatic carbocycles. The number of aromatic nitrogens is 1. The van der Waals surface area contributed by atoms with Gasteiger partial charge in [-0.2, -0.15) is 0 Å². The molecular formula is C27H22ClN3O5. The molecule has 0 saturated heterocycles. The summed E-state index contributed by atoms with van der Waals surface area (Å²) in [5.74, 6) is -1.66. The van der Waals surface area contributed by atoms with Crippen molar-refractivity contribution in [2.75, 3.05) is 31.0 Å². The molecule has 5 rings (SSSR count). The second kappa shape index (κ2) is 9.05. The number of benzene rings is 2. The quantitative estimate of drug-likeness (QED) is 0.355. The van der Waals surface area contributed by atoms with Crippen LogP contribution >= 0.6 is 11.6 Å². The summed E-state index contributed by atoms with van der Waals surface area (Å²) in [6, 6.07) is 14.5. The molecule has 0 saturated carbocycles. The summed E-state index contributed by atoms with van der Waals surface area (Å²) in [5, 5.41) is 11.9. The van der Waals surface area contributed by atoms with E-state index in [1.54, 1.807) is 48.8 Å². The lowest BCUT2D eigenvalue weighted by molar-refractivity contribution is -0.117. The molecule has 1 atom stereocenters. The first-order valence-electron chi connectivity index (χ1n) is 11.1. The van der Waals surface area contributed by atoms with E-state index in [2.05, 4.69) is 4.98 Å². The predicted octanol–water partition coefficient (Wildman–Crippen LogP) is 5.34. The number of carbonyl (C=O) groups is 2. The average Bonchev–Trinajstić information content (AvgIpc) is 3.42. The number of Topliss-reactive ketones (excluding diaryl/α,β-unsaturated/α-hetero) is 1. The normalized spacial score (nSPS) is 15.6. The number of methoxy groups -OCH3 is 1. The number of hydrogen-bond acceptors (Lipinski definition) is 7. The smallest absolute Gasteiger partial charge is 0.294 e. The summed E-state index contributed by atoms with van der Waals surface area (Å²) in [7, 11) is 5.29. The maximum atomic E-state index is 13.8. The molecule has 1 amide bonds. The second-order valence-corrected chi connectivity index (χ2v) is 8.94. The van der Waals surface area contributed by atoms with E-state index < -0.39 is 23.5 Å². The van der Waals surface area contributed by atoms with Crippen molar-refractivity contribution in [3.63, 3.8) is 0 Å². The number of carbonyl (C=O) groups excluding carboxylic acids is 2. The van der Waals surface area contributed by atoms with Gasteiger partial charge in [0.05, 0.1) is 18.7 Å². The molecule has 0 radical (unpaired) electrons. The average molecular weight is 504 g/mol. The molecule has 1 aliphatic rings. The number of halogens is 1. The van der Waals surface area contributed by atoms with Crippen LogP contribution < -0.4 is 14.5 Å². The number of amides is 1. The SMILES string of the molecule is COc1cc(Cl)cc2cc(C(=O)C3=C(O)C(=O)N(c4ccc(N(C)C)cc4)C3c3cccnc3)oc12. The zero-order valence-electron chi connectivity index (χ0n) is 19.7. The first-order valence-corrected chi connectivity index (χ1v) is 11.4. The van der Waals surface area contributed by atoms with E-state index in [9.17, 15) is 14.7 Å². The van der Waals surface area contributed by atoms with E-state index in [-0.39, 0.29) is 11.3 Å². The number of aliphatic hydroxyl groups excluding tert-OH is 1. The van der Waals surface area contributed by atoms with Crippen LogP contribution in [0.4, 0.5) is 11.4 Å². The van der Waals surface area contributed by atoms with Crippen molar-refractivity contribution in [1.29, 1.82) is 0 Å². The Morgan fingerprint density at radius 2 is 1.92 bits per heavy atom. The van der Waals surface area contributed by atoms with Gasteiger partial charge < -0.3 is 19.2 Å². The van der Waals surface area contributed by atoms with Gasteiger partial charge in [0.2, 0.25) is 5.78 Å². The minimum Gasteiger partial charge on any atom is -0.503 e. The number of anilines is 2. The van der Waals surface area contributed by atoms with Crippen LogP contribution in [0.3, 0.4) is 0 Å². The van der Waals surface area contributed by atoms with Gasteiger partial charge in [-0.1, -0.05) is 17.7 Å². The number of rotatable bonds is 6. The number of pyridine rings is 1. The van der Waals surface area contributed by atoms with Gasteiger partial charge >= 0.3 is 0 Å². The van der Waals surface area contributed by atoms with E-state index in [1.807, 2.05) is 31.1 Å². The maximum absolute atomic E-state index is 13.8. The number of furan rings is 1. The number of ether oxygens (including phenoxy) is 1. The fourth-order valence-corrected chi connectivity index (χ4v) is 4.57. The lowest BCUT2D eigenvalue weighted by Crippen LogP contribution is -2.31. The largest absolute Gasteiger partial charge is 0.503 e. The molecule has 2 aromatic heterocycles. The number of nitrogens with zero attached hydrogens (tertiary/aromatic N) is 3. The Kier molecular flexibility index (Phi) is 5.89. The predicted molar refractivity (Wildman–Crippen MR) is 137 cm³/mol. The van der Waals surface area contributed by atoms with Crippen molar-refractivity contribution in [2.24, 2.45) is 0 Å². The monoisotopic (exact) mass is 503 g/mol. The molecule has 1 N–H and O–H groups in total. The van der Waals surface area contributed by atoms with Crippen molar-refractivity contribution in [3.05, 3.63) is 94.7 Å². The molecule has 1 unspecified atom stereocenters. The van der Waals surface area contributed by atoms with E-state index >= 15 is 0 Å². The molecule has 1 aliphatic heterocycles. The Morgan fingerprint density at radius 1 is 1.17 bits per heavy atom. The van der Waals surface area contributed by atoms with Gasteiger partial charge in [0, 0.05) is 54.3 Å². The summed E-state index contributed by atoms with van der Waals surface area (Å²) in [5.41, 5.74) is 2.25. The summed E-state index contributed by atoms with van der Waals surface area (Å²) in [4.78, 5) is 34.6. The third-order valence-electron chi connectivity index (χ3n) is 6.09.